The van der Waals surface area contributed by atoms with Gasteiger partial charge < -0.3 is 4.74 Å². The smallest absolute Gasteiger partial charge is 0.341 e. The van der Waals surface area contributed by atoms with Crippen LogP contribution in [0.1, 0.15) is 24.9 Å². The highest BCUT2D eigenvalue weighted by molar-refractivity contribution is 9.10. The van der Waals surface area contributed by atoms with Crippen LogP contribution in [0.3, 0.4) is 0 Å². The second kappa shape index (κ2) is 6.28. The Hall–Kier alpha value is -1.53. The van der Waals surface area contributed by atoms with Crippen LogP contribution in [0.2, 0.25) is 0 Å². The minimum atomic E-state index is -0.856. The summed E-state index contributed by atoms with van der Waals surface area (Å²) in [6, 6.07) is 7.44. The molecule has 0 saturated carbocycles. The van der Waals surface area contributed by atoms with Crippen molar-refractivity contribution < 1.29 is 18.7 Å². The number of carbonyl (C=O) groups excluding carboxylic acids is 2. The van der Waals surface area contributed by atoms with E-state index in [2.05, 4.69) is 15.9 Å². The van der Waals surface area contributed by atoms with Gasteiger partial charge in [-0.05, 0) is 37.3 Å². The van der Waals surface area contributed by atoms with Gasteiger partial charge in [0.25, 0.3) is 0 Å². The number of aryl methyl sites for hydroxylation is 1. The summed E-state index contributed by atoms with van der Waals surface area (Å²) in [4.78, 5) is 25.0. The molecule has 0 fully saturated rings. The van der Waals surface area contributed by atoms with E-state index >= 15 is 0 Å². The van der Waals surface area contributed by atoms with Crippen LogP contribution in [0.4, 0.5) is 4.39 Å². The maximum atomic E-state index is 13.5. The van der Waals surface area contributed by atoms with Crippen LogP contribution in [-0.2, 0) is 4.74 Å². The molecule has 0 N–H and O–H groups in total. The van der Waals surface area contributed by atoms with Crippen LogP contribution in [-0.4, -0.2) is 18.4 Å². The van der Waals surface area contributed by atoms with Gasteiger partial charge in [0.15, 0.2) is 6.61 Å². The Morgan fingerprint density at radius 3 is 2.70 bits per heavy atom. The number of rotatable bonds is 4. The molecule has 1 heterocycles. The van der Waals surface area contributed by atoms with Crippen LogP contribution in [0.15, 0.2) is 34.8 Å². The summed E-state index contributed by atoms with van der Waals surface area (Å²) in [5.74, 6) is -1.84. The summed E-state index contributed by atoms with van der Waals surface area (Å²) < 4.78 is 18.9. The zero-order chi connectivity index (χ0) is 14.7. The molecule has 0 aliphatic carbocycles. The molecule has 0 aliphatic rings. The summed E-state index contributed by atoms with van der Waals surface area (Å²) in [6.45, 7) is 1.48. The topological polar surface area (TPSA) is 43.4 Å². The largest absolute Gasteiger partial charge is 0.454 e. The van der Waals surface area contributed by atoms with Gasteiger partial charge >= 0.3 is 5.97 Å². The van der Waals surface area contributed by atoms with Gasteiger partial charge in [0.05, 0.1) is 10.4 Å². The van der Waals surface area contributed by atoms with E-state index in [1.807, 2.05) is 13.0 Å². The molecule has 0 unspecified atom stereocenters. The van der Waals surface area contributed by atoms with Crippen LogP contribution in [0.25, 0.3) is 0 Å². The van der Waals surface area contributed by atoms with Gasteiger partial charge in [-0.1, -0.05) is 15.9 Å². The number of ether oxygens (including phenoxy) is 1. The van der Waals surface area contributed by atoms with E-state index in [1.54, 1.807) is 6.07 Å². The van der Waals surface area contributed by atoms with Gasteiger partial charge in [-0.3, -0.25) is 4.79 Å². The lowest BCUT2D eigenvalue weighted by atomic mass is 10.2. The molecule has 6 heteroatoms. The summed E-state index contributed by atoms with van der Waals surface area (Å²) in [6.07, 6.45) is 0. The Bertz CT molecular complexity index is 666. The van der Waals surface area contributed by atoms with E-state index in [0.717, 1.165) is 10.9 Å². The monoisotopic (exact) mass is 356 g/mol. The van der Waals surface area contributed by atoms with Crippen molar-refractivity contribution in [3.63, 3.8) is 0 Å². The quantitative estimate of drug-likeness (QED) is 0.614. The summed E-state index contributed by atoms with van der Waals surface area (Å²) in [7, 11) is 0. The Morgan fingerprint density at radius 2 is 2.05 bits per heavy atom. The highest BCUT2D eigenvalue weighted by atomic mass is 79.9. The van der Waals surface area contributed by atoms with Crippen molar-refractivity contribution in [3.05, 3.63) is 55.9 Å². The number of Topliss-reactive ketones (excluding diaryl/α,β-unsaturated/α-hetero) is 1. The fourth-order valence-corrected chi connectivity index (χ4v) is 2.67. The molecule has 0 saturated heterocycles. The first-order chi connectivity index (χ1) is 9.47. The van der Waals surface area contributed by atoms with E-state index in [-0.39, 0.29) is 11.3 Å². The molecule has 0 aliphatic heterocycles. The molecule has 0 radical (unpaired) electrons. The minimum Gasteiger partial charge on any atom is -0.454 e. The molecule has 20 heavy (non-hydrogen) atoms. The van der Waals surface area contributed by atoms with Crippen molar-refractivity contribution in [2.75, 3.05) is 6.61 Å². The van der Waals surface area contributed by atoms with Crippen molar-refractivity contribution in [1.82, 2.24) is 0 Å². The molecule has 104 valence electrons. The van der Waals surface area contributed by atoms with E-state index in [0.29, 0.717) is 9.35 Å². The van der Waals surface area contributed by atoms with Crippen LogP contribution in [0, 0.1) is 12.7 Å². The normalized spacial score (nSPS) is 10.3. The Labute approximate surface area is 127 Å². The first-order valence-electron chi connectivity index (χ1n) is 5.69. The Morgan fingerprint density at radius 1 is 1.30 bits per heavy atom. The number of benzene rings is 1. The molecule has 2 aromatic rings. The van der Waals surface area contributed by atoms with Gasteiger partial charge in [0.1, 0.15) is 5.82 Å². The minimum absolute atomic E-state index is 0.200. The number of ketones is 1. The van der Waals surface area contributed by atoms with Crippen molar-refractivity contribution in [3.8, 4) is 0 Å². The van der Waals surface area contributed by atoms with Gasteiger partial charge in [-0.15, -0.1) is 11.3 Å². The number of carbonyl (C=O) groups is 2. The van der Waals surface area contributed by atoms with Crippen LogP contribution < -0.4 is 0 Å². The molecule has 0 spiro atoms. The third kappa shape index (κ3) is 3.52. The van der Waals surface area contributed by atoms with Gasteiger partial charge in [-0.25, -0.2) is 9.18 Å². The fourth-order valence-electron chi connectivity index (χ4n) is 1.52. The van der Waals surface area contributed by atoms with Gasteiger partial charge in [-0.2, -0.15) is 0 Å². The predicted octanol–water partition coefficient (Wildman–Crippen LogP) is 4.00. The molecule has 2 rings (SSSR count). The molecule has 0 atom stereocenters. The highest BCUT2D eigenvalue weighted by Gasteiger charge is 2.16. The van der Waals surface area contributed by atoms with E-state index in [1.165, 1.54) is 23.5 Å². The average Bonchev–Trinajstić information content (AvgIpc) is 2.85. The molecular weight excluding hydrogens is 347 g/mol. The summed E-state index contributed by atoms with van der Waals surface area (Å²) in [5.41, 5.74) is -0.200. The predicted molar refractivity (Wildman–Crippen MR) is 77.8 cm³/mol. The molecule has 0 amide bonds. The maximum Gasteiger partial charge on any atom is 0.341 e. The SMILES string of the molecule is Cc1ccc(C(=O)COC(=O)c2cc(Br)ccc2F)s1. The summed E-state index contributed by atoms with van der Waals surface area (Å²) >= 11 is 4.47. The van der Waals surface area contributed by atoms with E-state index in [4.69, 9.17) is 4.74 Å². The third-order valence-electron chi connectivity index (χ3n) is 2.50. The molecule has 1 aromatic heterocycles. The van der Waals surface area contributed by atoms with Crippen LogP contribution in [0.5, 0.6) is 0 Å². The molecular formula is C14H10BrFO3S. The molecule has 0 bridgehead atoms. The lowest BCUT2D eigenvalue weighted by Crippen LogP contribution is -2.14. The van der Waals surface area contributed by atoms with Crippen molar-refractivity contribution >= 4 is 39.0 Å². The van der Waals surface area contributed by atoms with E-state index in [9.17, 15) is 14.0 Å². The van der Waals surface area contributed by atoms with E-state index < -0.39 is 18.4 Å². The van der Waals surface area contributed by atoms with Gasteiger partial charge in [0, 0.05) is 9.35 Å². The lowest BCUT2D eigenvalue weighted by molar-refractivity contribution is 0.0471. The van der Waals surface area contributed by atoms with Crippen molar-refractivity contribution in [2.24, 2.45) is 0 Å². The zero-order valence-corrected chi connectivity index (χ0v) is 12.9. The first kappa shape index (κ1) is 14.9. The summed E-state index contributed by atoms with van der Waals surface area (Å²) in [5, 5.41) is 0. The van der Waals surface area contributed by atoms with Gasteiger partial charge in [0.2, 0.25) is 5.78 Å². The standard InChI is InChI=1S/C14H10BrFO3S/c1-8-2-5-13(20-8)12(17)7-19-14(18)10-6-9(15)3-4-11(10)16/h2-6H,7H2,1H3. The lowest BCUT2D eigenvalue weighted by Gasteiger charge is -2.05. The fraction of sp³-hybridized carbons (Fsp3) is 0.143. The van der Waals surface area contributed by atoms with Crippen molar-refractivity contribution in [2.45, 2.75) is 6.92 Å². The Kier molecular flexibility index (Phi) is 4.67. The molecule has 3 nitrogen and oxygen atoms in total. The number of thiophene rings is 1. The highest BCUT2D eigenvalue weighted by Crippen LogP contribution is 2.18. The second-order valence-electron chi connectivity index (χ2n) is 4.03. The third-order valence-corrected chi connectivity index (χ3v) is 4.03. The number of halogens is 2. The number of hydrogen-bond acceptors (Lipinski definition) is 4. The number of hydrogen-bond donors (Lipinski definition) is 0. The maximum absolute atomic E-state index is 13.5. The average molecular weight is 357 g/mol. The second-order valence-corrected chi connectivity index (χ2v) is 6.24. The van der Waals surface area contributed by atoms with Crippen molar-refractivity contribution in [1.29, 1.82) is 0 Å². The number of esters is 1. The Balaban J connectivity index is 2.02. The van der Waals surface area contributed by atoms with Crippen LogP contribution >= 0.6 is 27.3 Å². The zero-order valence-electron chi connectivity index (χ0n) is 10.5. The first-order valence-corrected chi connectivity index (χ1v) is 7.30. The molecule has 1 aromatic carbocycles.